The Morgan fingerprint density at radius 1 is 0.670 bits per heavy atom. The molecular formula is C70H65Cl2F2N13O8S2. The van der Waals surface area contributed by atoms with E-state index in [0.717, 1.165) is 40.8 Å². The van der Waals surface area contributed by atoms with E-state index < -0.39 is 47.2 Å². The lowest BCUT2D eigenvalue weighted by atomic mass is 9.90. The number of halogens is 4. The Labute approximate surface area is 575 Å². The van der Waals surface area contributed by atoms with E-state index in [4.69, 9.17) is 49.2 Å². The number of aliphatic imine (C=N–C) groups is 2. The third-order valence-corrected chi connectivity index (χ3v) is 21.1. The number of carboxylic acids is 1. The van der Waals surface area contributed by atoms with Crippen LogP contribution in [0.2, 0.25) is 10.0 Å². The van der Waals surface area contributed by atoms with Crippen LogP contribution in [-0.2, 0) is 30.1 Å². The number of amides is 4. The molecule has 1 aliphatic carbocycles. The van der Waals surface area contributed by atoms with Crippen LogP contribution >= 0.6 is 45.9 Å². The number of hydrogen-bond donors (Lipinski definition) is 3. The number of aromatic nitrogens is 2. The lowest BCUT2D eigenvalue weighted by Gasteiger charge is -2.38. The van der Waals surface area contributed by atoms with E-state index in [2.05, 4.69) is 35.2 Å². The average molecular weight is 1390 g/mol. The number of carboxylic acid groups (broad SMARTS) is 1. The van der Waals surface area contributed by atoms with E-state index in [1.165, 1.54) is 73.3 Å². The number of anilines is 1. The van der Waals surface area contributed by atoms with Crippen molar-refractivity contribution in [1.29, 1.82) is 0 Å². The first-order valence-electron chi connectivity index (χ1n) is 31.3. The van der Waals surface area contributed by atoms with Crippen molar-refractivity contribution < 1.29 is 47.3 Å². The number of esters is 2. The van der Waals surface area contributed by atoms with Gasteiger partial charge in [-0.1, -0.05) is 71.7 Å². The van der Waals surface area contributed by atoms with Crippen molar-refractivity contribution in [2.45, 2.75) is 61.9 Å². The predicted octanol–water partition coefficient (Wildman–Crippen LogP) is 11.2. The summed E-state index contributed by atoms with van der Waals surface area (Å²) in [5.74, 6) is -2.17. The molecule has 7 aliphatic rings. The molecule has 27 heteroatoms. The van der Waals surface area contributed by atoms with Crippen molar-refractivity contribution in [3.05, 3.63) is 226 Å². The van der Waals surface area contributed by atoms with Crippen LogP contribution in [0.5, 0.6) is 0 Å². The Kier molecular flexibility index (Phi) is 18.6. The fourth-order valence-electron chi connectivity index (χ4n) is 13.5. The molecule has 0 bridgehead atoms. The maximum Gasteiger partial charge on any atom is 0.338 e. The van der Waals surface area contributed by atoms with E-state index >= 15 is 0 Å². The van der Waals surface area contributed by atoms with E-state index in [1.54, 1.807) is 41.6 Å². The van der Waals surface area contributed by atoms with Gasteiger partial charge in [0.15, 0.2) is 21.7 Å². The summed E-state index contributed by atoms with van der Waals surface area (Å²) in [4.78, 5) is 99.5. The number of nitrogens with one attached hydrogen (secondary N) is 2. The van der Waals surface area contributed by atoms with Gasteiger partial charge in [-0.25, -0.2) is 49.3 Å². The smallest absolute Gasteiger partial charge is 0.338 e. The maximum absolute atomic E-state index is 14.1. The molecule has 0 spiro atoms. The van der Waals surface area contributed by atoms with Crippen molar-refractivity contribution in [2.24, 2.45) is 9.98 Å². The molecule has 0 radical (unpaired) electrons. The largest absolute Gasteiger partial charge is 0.478 e. The maximum atomic E-state index is 14.1. The Balaban J connectivity index is 0.000000177. The highest BCUT2D eigenvalue weighted by Gasteiger charge is 2.53. The molecule has 4 atom stereocenters. The molecule has 5 aromatic carbocycles. The number of carbonyl (C=O) groups excluding carboxylic acids is 4. The van der Waals surface area contributed by atoms with Gasteiger partial charge >= 0.3 is 30.0 Å². The van der Waals surface area contributed by atoms with Gasteiger partial charge in [0.25, 0.3) is 5.54 Å². The molecular weight excluding hydrogens is 1320 g/mol. The molecule has 1 saturated carbocycles. The number of benzene rings is 5. The second-order valence-corrected chi connectivity index (χ2v) is 27.5. The number of carbonyl (C=O) groups is 5. The van der Waals surface area contributed by atoms with Gasteiger partial charge < -0.3 is 44.8 Å². The zero-order valence-electron chi connectivity index (χ0n) is 53.0. The minimum atomic E-state index is -0.969. The lowest BCUT2D eigenvalue weighted by molar-refractivity contribution is -0.137. The second kappa shape index (κ2) is 27.2. The highest BCUT2D eigenvalue weighted by atomic mass is 35.5. The first-order valence-corrected chi connectivity index (χ1v) is 33.8. The topological polar surface area (TPSA) is 222 Å². The summed E-state index contributed by atoms with van der Waals surface area (Å²) >= 11 is 15.8. The Morgan fingerprint density at radius 3 is 1.60 bits per heavy atom. The van der Waals surface area contributed by atoms with Gasteiger partial charge in [0, 0.05) is 145 Å². The first-order chi connectivity index (χ1) is 46.7. The molecule has 7 aromatic rings. The predicted molar refractivity (Wildman–Crippen MR) is 364 cm³/mol. The summed E-state index contributed by atoms with van der Waals surface area (Å²) in [5, 5.41) is 21.1. The zero-order chi connectivity index (χ0) is 68.0. The SMILES string of the molecule is COC(=O)C1=C(CN2CCN3C(=O)N(C(C)(C)c4ccc(-c5ccc(C(=O)O)cc5)cc4)C[C@@H]3C2)NC(c2nccs2)=N[C@H]1c1ccc(F)cc1Cl.[C-]#[N+]C1(c2ccc(N3C[C@@H]4CN(CC5=C(C(=O)OC)[C@H](c6ccc(F)cc6Cl)N=C(c6nccs6)N5)CCN4C3=O)cc2)CC1. The lowest BCUT2D eigenvalue weighted by Crippen LogP contribution is -2.53. The molecule has 14 rings (SSSR count). The molecule has 4 saturated heterocycles. The number of aromatic carboxylic acids is 1. The third-order valence-electron chi connectivity index (χ3n) is 18.9. The van der Waals surface area contributed by atoms with E-state index in [1.807, 2.05) is 87.8 Å². The van der Waals surface area contributed by atoms with E-state index in [-0.39, 0.29) is 56.4 Å². The van der Waals surface area contributed by atoms with Crippen LogP contribution in [0.3, 0.4) is 0 Å². The van der Waals surface area contributed by atoms with Crippen LogP contribution in [0, 0.1) is 18.2 Å². The van der Waals surface area contributed by atoms with Crippen LogP contribution in [0.25, 0.3) is 16.0 Å². The van der Waals surface area contributed by atoms with Crippen LogP contribution in [-0.4, -0.2) is 173 Å². The minimum Gasteiger partial charge on any atom is -0.478 e. The number of amidine groups is 2. The number of ether oxygens (including phenoxy) is 2. The molecule has 6 aliphatic heterocycles. The number of rotatable bonds is 16. The fourth-order valence-corrected chi connectivity index (χ4v) is 15.2. The average Bonchev–Trinajstić information content (AvgIpc) is 1.64. The third kappa shape index (κ3) is 13.2. The second-order valence-electron chi connectivity index (χ2n) is 24.9. The molecule has 8 heterocycles. The first kappa shape index (κ1) is 66.2. The van der Waals surface area contributed by atoms with Crippen LogP contribution in [0.1, 0.15) is 81.4 Å². The molecule has 0 unspecified atom stereocenters. The van der Waals surface area contributed by atoms with Crippen molar-refractivity contribution in [3.63, 3.8) is 0 Å². The van der Waals surface area contributed by atoms with Gasteiger partial charge in [0.2, 0.25) is 0 Å². The van der Waals surface area contributed by atoms with Gasteiger partial charge in [-0.15, -0.1) is 22.7 Å². The van der Waals surface area contributed by atoms with E-state index in [9.17, 15) is 37.9 Å². The highest BCUT2D eigenvalue weighted by Crippen LogP contribution is 2.50. The minimum absolute atomic E-state index is 0.0301. The Hall–Kier alpha value is -9.42. The molecule has 3 N–H and O–H groups in total. The van der Waals surface area contributed by atoms with Gasteiger partial charge in [0.1, 0.15) is 23.7 Å². The van der Waals surface area contributed by atoms with Crippen molar-refractivity contribution >= 4 is 93.2 Å². The monoisotopic (exact) mass is 1390 g/mol. The van der Waals surface area contributed by atoms with Gasteiger partial charge in [-0.05, 0) is 91.2 Å². The summed E-state index contributed by atoms with van der Waals surface area (Å²) in [5.41, 5.74) is 6.53. The number of piperazine rings is 2. The summed E-state index contributed by atoms with van der Waals surface area (Å²) < 4.78 is 38.5. The number of methoxy groups -OCH3 is 2. The Morgan fingerprint density at radius 2 is 1.15 bits per heavy atom. The van der Waals surface area contributed by atoms with Crippen molar-refractivity contribution in [1.82, 2.24) is 45.1 Å². The zero-order valence-corrected chi connectivity index (χ0v) is 56.2. The van der Waals surface area contributed by atoms with Crippen molar-refractivity contribution in [2.75, 3.05) is 84.6 Å². The molecule has 21 nitrogen and oxygen atoms in total. The number of fused-ring (bicyclic) bond motifs is 2. The number of urea groups is 2. The van der Waals surface area contributed by atoms with Crippen LogP contribution in [0.4, 0.5) is 24.1 Å². The highest BCUT2D eigenvalue weighted by molar-refractivity contribution is 7.12. The van der Waals surface area contributed by atoms with Crippen LogP contribution < -0.4 is 15.5 Å². The fraction of sp³-hybridized carbons (Fsp3) is 0.314. The van der Waals surface area contributed by atoms with Gasteiger partial charge in [-0.3, -0.25) is 24.7 Å². The molecule has 498 valence electrons. The van der Waals surface area contributed by atoms with E-state index in [0.29, 0.717) is 110 Å². The molecule has 4 amide bonds. The normalized spacial score (nSPS) is 20.8. The quantitative estimate of drug-likeness (QED) is 0.0605. The number of thiazole rings is 2. The summed E-state index contributed by atoms with van der Waals surface area (Å²) in [6, 6.07) is 28.7. The molecule has 2 aromatic heterocycles. The van der Waals surface area contributed by atoms with Crippen molar-refractivity contribution in [3.8, 4) is 11.1 Å². The van der Waals surface area contributed by atoms with Gasteiger partial charge in [0.05, 0.1) is 48.6 Å². The summed E-state index contributed by atoms with van der Waals surface area (Å²) in [6.07, 6.45) is 5.10. The molecule has 5 fully saturated rings. The Bertz CT molecular complexity index is 4410. The van der Waals surface area contributed by atoms with Crippen LogP contribution in [0.15, 0.2) is 165 Å². The summed E-state index contributed by atoms with van der Waals surface area (Å²) in [6.45, 7) is 16.7. The molecule has 97 heavy (non-hydrogen) atoms. The summed E-state index contributed by atoms with van der Waals surface area (Å²) in [7, 11) is 2.62. The number of hydrogen-bond acceptors (Lipinski definition) is 17. The van der Waals surface area contributed by atoms with Gasteiger partial charge in [-0.2, -0.15) is 0 Å². The number of nitrogens with zero attached hydrogens (tertiary/aromatic N) is 11. The standard InChI is InChI=1S/C38H36ClFN6O5S.C32H29ClFN7O3S/c1-38(2,25-10-8-23(9-11-25)22-4-6-24(7-5-22)35(47)48)46-20-27-19-44(15-16-45(27)37(46)50)21-30-31(36(49)51-3)32(28-13-12-26(40)18-29(28)39)43-33(42-30)34-41-14-17-52-34;1-35-32(9-10-32)19-3-6-21(7-4-19)41-17-22-16-39(12-13-40(22)31(41)43)18-25-26(30(42)44-2)27(23-8-5-20(34)15-24(23)33)38-28(37-25)29-36-11-14-45-29/h4-14,17-18,27,32H,15-16,19-21H2,1-3H3,(H,42,43)(H,47,48);3-8,11,14-15,22,27H,9-10,12-13,16-18H2,2H3,(H,37,38)/t27-,32-;22-,27-/m00/s1.